The third-order valence-corrected chi connectivity index (χ3v) is 2.93. The molecule has 0 aromatic heterocycles. The van der Waals surface area contributed by atoms with Gasteiger partial charge < -0.3 is 14.6 Å². The molecule has 0 aliphatic rings. The zero-order chi connectivity index (χ0) is 15.8. The number of hydrogen-bond donors (Lipinski definition) is 1. The fourth-order valence-electron chi connectivity index (χ4n) is 1.77. The number of nitrogens with zero attached hydrogens (tertiary/aromatic N) is 1. The molecule has 0 saturated carbocycles. The highest BCUT2D eigenvalue weighted by Crippen LogP contribution is 2.21. The van der Waals surface area contributed by atoms with Crippen LogP contribution in [0.4, 0.5) is 0 Å². The SMILES string of the molecule is COc1ccc(O)c(C=NCC(=O)OCc2ccccc2)c1. The number of methoxy groups -OCH3 is 1. The number of phenols is 1. The topological polar surface area (TPSA) is 68.1 Å². The number of hydrogen-bond acceptors (Lipinski definition) is 5. The molecule has 1 N–H and O–H groups in total. The van der Waals surface area contributed by atoms with Gasteiger partial charge in [0.2, 0.25) is 0 Å². The van der Waals surface area contributed by atoms with E-state index in [-0.39, 0.29) is 18.9 Å². The highest BCUT2D eigenvalue weighted by Gasteiger charge is 2.03. The molecule has 0 amide bonds. The molecule has 0 spiro atoms. The third-order valence-electron chi connectivity index (χ3n) is 2.93. The van der Waals surface area contributed by atoms with Crippen LogP contribution in [-0.2, 0) is 16.1 Å². The first-order chi connectivity index (χ1) is 10.7. The van der Waals surface area contributed by atoms with Crippen LogP contribution in [0.5, 0.6) is 11.5 Å². The Hall–Kier alpha value is -2.82. The maximum atomic E-state index is 11.6. The lowest BCUT2D eigenvalue weighted by molar-refractivity contribution is -0.143. The normalized spacial score (nSPS) is 10.6. The predicted molar refractivity (Wildman–Crippen MR) is 83.4 cm³/mol. The number of phenolic OH excluding ortho intramolecular Hbond substituents is 1. The van der Waals surface area contributed by atoms with Crippen LogP contribution in [0.25, 0.3) is 0 Å². The maximum Gasteiger partial charge on any atom is 0.328 e. The third kappa shape index (κ3) is 4.63. The summed E-state index contributed by atoms with van der Waals surface area (Å²) in [5.74, 6) is 0.246. The molecule has 2 aromatic rings. The van der Waals surface area contributed by atoms with Crippen LogP contribution >= 0.6 is 0 Å². The van der Waals surface area contributed by atoms with Crippen molar-refractivity contribution in [1.29, 1.82) is 0 Å². The largest absolute Gasteiger partial charge is 0.507 e. The molecule has 2 rings (SSSR count). The summed E-state index contributed by atoms with van der Waals surface area (Å²) in [5.41, 5.74) is 1.40. The highest BCUT2D eigenvalue weighted by molar-refractivity contribution is 5.85. The average Bonchev–Trinajstić information content (AvgIpc) is 2.55. The van der Waals surface area contributed by atoms with E-state index in [1.807, 2.05) is 30.3 Å². The molecule has 0 radical (unpaired) electrons. The van der Waals surface area contributed by atoms with Gasteiger partial charge in [-0.2, -0.15) is 0 Å². The van der Waals surface area contributed by atoms with Crippen molar-refractivity contribution in [1.82, 2.24) is 0 Å². The molecule has 0 bridgehead atoms. The minimum absolute atomic E-state index is 0.0715. The fourth-order valence-corrected chi connectivity index (χ4v) is 1.77. The first-order valence-electron chi connectivity index (χ1n) is 6.75. The van der Waals surface area contributed by atoms with E-state index < -0.39 is 5.97 Å². The van der Waals surface area contributed by atoms with Gasteiger partial charge in [-0.1, -0.05) is 30.3 Å². The number of carbonyl (C=O) groups excluding carboxylic acids is 1. The van der Waals surface area contributed by atoms with Crippen molar-refractivity contribution in [2.45, 2.75) is 6.61 Å². The maximum absolute atomic E-state index is 11.6. The number of benzene rings is 2. The average molecular weight is 299 g/mol. The van der Waals surface area contributed by atoms with Gasteiger partial charge >= 0.3 is 5.97 Å². The van der Waals surface area contributed by atoms with Crippen molar-refractivity contribution in [3.8, 4) is 11.5 Å². The molecule has 22 heavy (non-hydrogen) atoms. The zero-order valence-corrected chi connectivity index (χ0v) is 12.2. The molecule has 0 aliphatic carbocycles. The Bertz CT molecular complexity index is 653. The van der Waals surface area contributed by atoms with E-state index in [1.165, 1.54) is 19.4 Å². The minimum Gasteiger partial charge on any atom is -0.507 e. The fraction of sp³-hybridized carbons (Fsp3) is 0.176. The van der Waals surface area contributed by atoms with E-state index in [0.29, 0.717) is 11.3 Å². The second kappa shape index (κ2) is 7.83. The number of aromatic hydroxyl groups is 1. The molecule has 0 heterocycles. The van der Waals surface area contributed by atoms with Gasteiger partial charge in [-0.3, -0.25) is 9.79 Å². The molecule has 0 unspecified atom stereocenters. The van der Waals surface area contributed by atoms with E-state index in [2.05, 4.69) is 4.99 Å². The van der Waals surface area contributed by atoms with Crippen LogP contribution in [0.2, 0.25) is 0 Å². The van der Waals surface area contributed by atoms with Gasteiger partial charge in [-0.25, -0.2) is 0 Å². The lowest BCUT2D eigenvalue weighted by atomic mass is 10.2. The summed E-state index contributed by atoms with van der Waals surface area (Å²) in [6.45, 7) is 0.114. The summed E-state index contributed by atoms with van der Waals surface area (Å²) in [6.07, 6.45) is 1.42. The Balaban J connectivity index is 1.85. The molecule has 5 nitrogen and oxygen atoms in total. The Morgan fingerprint density at radius 3 is 2.73 bits per heavy atom. The molecule has 2 aromatic carbocycles. The molecule has 0 aliphatic heterocycles. The predicted octanol–water partition coefficient (Wildman–Crippen LogP) is 2.56. The highest BCUT2D eigenvalue weighted by atomic mass is 16.5. The van der Waals surface area contributed by atoms with E-state index in [4.69, 9.17) is 9.47 Å². The van der Waals surface area contributed by atoms with E-state index >= 15 is 0 Å². The number of carbonyl (C=O) groups is 1. The summed E-state index contributed by atoms with van der Waals surface area (Å²) >= 11 is 0. The lowest BCUT2D eigenvalue weighted by Crippen LogP contribution is -2.08. The van der Waals surface area contributed by atoms with Crippen molar-refractivity contribution in [3.63, 3.8) is 0 Å². The van der Waals surface area contributed by atoms with Crippen LogP contribution < -0.4 is 4.74 Å². The number of aliphatic imine (C=N–C) groups is 1. The molecule has 0 saturated heterocycles. The first kappa shape index (κ1) is 15.6. The van der Waals surface area contributed by atoms with E-state index in [0.717, 1.165) is 5.56 Å². The van der Waals surface area contributed by atoms with Crippen molar-refractivity contribution in [2.75, 3.05) is 13.7 Å². The van der Waals surface area contributed by atoms with Crippen LogP contribution in [0.15, 0.2) is 53.5 Å². The first-order valence-corrected chi connectivity index (χ1v) is 6.75. The van der Waals surface area contributed by atoms with Crippen molar-refractivity contribution in [3.05, 3.63) is 59.7 Å². The second-order valence-corrected chi connectivity index (χ2v) is 4.54. The lowest BCUT2D eigenvalue weighted by Gasteiger charge is -2.04. The van der Waals surface area contributed by atoms with Crippen molar-refractivity contribution < 1.29 is 19.4 Å². The summed E-state index contributed by atoms with van der Waals surface area (Å²) in [4.78, 5) is 15.6. The minimum atomic E-state index is -0.428. The van der Waals surface area contributed by atoms with Crippen LogP contribution in [0.3, 0.4) is 0 Å². The number of ether oxygens (including phenoxy) is 2. The summed E-state index contributed by atoms with van der Waals surface area (Å²) in [7, 11) is 1.54. The Morgan fingerprint density at radius 1 is 1.23 bits per heavy atom. The van der Waals surface area contributed by atoms with Gasteiger partial charge in [0.25, 0.3) is 0 Å². The summed E-state index contributed by atoms with van der Waals surface area (Å²) < 4.78 is 10.2. The van der Waals surface area contributed by atoms with Gasteiger partial charge in [-0.05, 0) is 23.8 Å². The molecular weight excluding hydrogens is 282 g/mol. The molecular formula is C17H17NO4. The Kier molecular flexibility index (Phi) is 5.54. The van der Waals surface area contributed by atoms with Gasteiger partial charge in [0.15, 0.2) is 0 Å². The van der Waals surface area contributed by atoms with Crippen LogP contribution in [0, 0.1) is 0 Å². The quantitative estimate of drug-likeness (QED) is 0.657. The van der Waals surface area contributed by atoms with Crippen molar-refractivity contribution >= 4 is 12.2 Å². The monoisotopic (exact) mass is 299 g/mol. The van der Waals surface area contributed by atoms with Crippen LogP contribution in [-0.4, -0.2) is 30.9 Å². The molecule has 114 valence electrons. The van der Waals surface area contributed by atoms with Gasteiger partial charge in [0.05, 0.1) is 7.11 Å². The number of rotatable bonds is 6. The summed E-state index contributed by atoms with van der Waals surface area (Å²) in [6, 6.07) is 14.2. The Labute approximate surface area is 128 Å². The second-order valence-electron chi connectivity index (χ2n) is 4.54. The van der Waals surface area contributed by atoms with Gasteiger partial charge in [0.1, 0.15) is 24.7 Å². The molecule has 0 atom stereocenters. The van der Waals surface area contributed by atoms with E-state index in [9.17, 15) is 9.90 Å². The van der Waals surface area contributed by atoms with E-state index in [1.54, 1.807) is 12.1 Å². The van der Waals surface area contributed by atoms with Crippen LogP contribution in [0.1, 0.15) is 11.1 Å². The molecule has 5 heteroatoms. The van der Waals surface area contributed by atoms with Gasteiger partial charge in [0, 0.05) is 11.8 Å². The Morgan fingerprint density at radius 2 is 2.00 bits per heavy atom. The number of esters is 1. The zero-order valence-electron chi connectivity index (χ0n) is 12.2. The standard InChI is InChI=1S/C17H17NO4/c1-21-15-7-8-16(19)14(9-15)10-18-11-17(20)22-12-13-5-3-2-4-6-13/h2-10,19H,11-12H2,1H3. The smallest absolute Gasteiger partial charge is 0.328 e. The molecule has 0 fully saturated rings. The van der Waals surface area contributed by atoms with Gasteiger partial charge in [-0.15, -0.1) is 0 Å². The van der Waals surface area contributed by atoms with Crippen molar-refractivity contribution in [2.24, 2.45) is 4.99 Å². The summed E-state index contributed by atoms with van der Waals surface area (Å²) in [5, 5.41) is 9.68.